The van der Waals surface area contributed by atoms with Gasteiger partial charge < -0.3 is 4.74 Å². The Kier molecular flexibility index (Phi) is 2.38. The highest BCUT2D eigenvalue weighted by Gasteiger charge is 2.13. The zero-order chi connectivity index (χ0) is 12.9. The van der Waals surface area contributed by atoms with Gasteiger partial charge >= 0.3 is 0 Å². The van der Waals surface area contributed by atoms with E-state index in [0.29, 0.717) is 21.6 Å². The van der Waals surface area contributed by atoms with Gasteiger partial charge in [-0.25, -0.2) is 4.98 Å². The first-order valence-electron chi connectivity index (χ1n) is 5.59. The van der Waals surface area contributed by atoms with E-state index in [0.717, 1.165) is 10.6 Å². The van der Waals surface area contributed by atoms with Crippen molar-refractivity contribution < 1.29 is 4.74 Å². The molecule has 3 rings (SSSR count). The van der Waals surface area contributed by atoms with Gasteiger partial charge in [0.15, 0.2) is 4.96 Å². The van der Waals surface area contributed by atoms with Gasteiger partial charge in [-0.3, -0.25) is 9.20 Å². The lowest BCUT2D eigenvalue weighted by Gasteiger charge is -2.04. The standard InChI is InChI=1S/C13H12N2O2S/c1-7-8(2)18-13-14-11-9(12(16)15(7)13)5-4-6-10(11)17-3/h4-6H,1-3H3. The van der Waals surface area contributed by atoms with E-state index in [9.17, 15) is 4.79 Å². The van der Waals surface area contributed by atoms with Crippen LogP contribution in [0.2, 0.25) is 0 Å². The molecule has 0 radical (unpaired) electrons. The summed E-state index contributed by atoms with van der Waals surface area (Å²) in [7, 11) is 1.59. The van der Waals surface area contributed by atoms with Crippen LogP contribution in [0.5, 0.6) is 5.75 Å². The third-order valence-electron chi connectivity index (χ3n) is 3.14. The van der Waals surface area contributed by atoms with Crippen LogP contribution < -0.4 is 10.3 Å². The highest BCUT2D eigenvalue weighted by molar-refractivity contribution is 7.17. The molecule has 3 aromatic rings. The molecule has 0 saturated heterocycles. The summed E-state index contributed by atoms with van der Waals surface area (Å²) in [6.07, 6.45) is 0. The number of thiazole rings is 1. The molecule has 0 aliphatic carbocycles. The number of fused-ring (bicyclic) bond motifs is 2. The topological polar surface area (TPSA) is 43.6 Å². The summed E-state index contributed by atoms with van der Waals surface area (Å²) in [5, 5.41) is 0.591. The van der Waals surface area contributed by atoms with E-state index < -0.39 is 0 Å². The van der Waals surface area contributed by atoms with Gasteiger partial charge in [0.25, 0.3) is 5.56 Å². The Morgan fingerprint density at radius 1 is 1.33 bits per heavy atom. The summed E-state index contributed by atoms with van der Waals surface area (Å²) in [5.41, 5.74) is 1.55. The van der Waals surface area contributed by atoms with Crippen molar-refractivity contribution in [1.29, 1.82) is 0 Å². The molecular weight excluding hydrogens is 248 g/mol. The van der Waals surface area contributed by atoms with Crippen molar-refractivity contribution >= 4 is 27.2 Å². The first-order chi connectivity index (χ1) is 8.63. The van der Waals surface area contributed by atoms with Gasteiger partial charge in [-0.05, 0) is 26.0 Å². The van der Waals surface area contributed by atoms with Crippen molar-refractivity contribution in [2.24, 2.45) is 0 Å². The van der Waals surface area contributed by atoms with Crippen LogP contribution in [0.3, 0.4) is 0 Å². The van der Waals surface area contributed by atoms with Crippen LogP contribution in [0.1, 0.15) is 10.6 Å². The molecular formula is C13H12N2O2S. The third-order valence-corrected chi connectivity index (χ3v) is 4.20. The summed E-state index contributed by atoms with van der Waals surface area (Å²) < 4.78 is 6.93. The molecule has 0 aliphatic rings. The Morgan fingerprint density at radius 2 is 2.11 bits per heavy atom. The molecule has 0 unspecified atom stereocenters. The smallest absolute Gasteiger partial charge is 0.266 e. The van der Waals surface area contributed by atoms with Crippen LogP contribution in [-0.2, 0) is 0 Å². The predicted octanol–water partition coefficient (Wildman–Crippen LogP) is 2.53. The summed E-state index contributed by atoms with van der Waals surface area (Å²) in [5.74, 6) is 0.635. The maximum atomic E-state index is 12.5. The second-order valence-electron chi connectivity index (χ2n) is 4.14. The number of methoxy groups -OCH3 is 1. The SMILES string of the molecule is COc1cccc2c(=O)n3c(C)c(C)sc3nc12. The van der Waals surface area contributed by atoms with Crippen LogP contribution >= 0.6 is 11.3 Å². The Balaban J connectivity index is 2.60. The van der Waals surface area contributed by atoms with Crippen molar-refractivity contribution in [3.05, 3.63) is 39.1 Å². The van der Waals surface area contributed by atoms with Crippen LogP contribution in [0.15, 0.2) is 23.0 Å². The van der Waals surface area contributed by atoms with E-state index in [1.165, 1.54) is 11.3 Å². The summed E-state index contributed by atoms with van der Waals surface area (Å²) in [6, 6.07) is 5.41. The lowest BCUT2D eigenvalue weighted by molar-refractivity contribution is 0.419. The Hall–Kier alpha value is -1.88. The van der Waals surface area contributed by atoms with E-state index in [2.05, 4.69) is 4.98 Å². The van der Waals surface area contributed by atoms with Gasteiger partial charge in [0.05, 0.1) is 12.5 Å². The number of ether oxygens (including phenoxy) is 1. The van der Waals surface area contributed by atoms with Crippen LogP contribution in [0.25, 0.3) is 15.9 Å². The fourth-order valence-electron chi connectivity index (χ4n) is 2.06. The van der Waals surface area contributed by atoms with Gasteiger partial charge in [-0.2, -0.15) is 0 Å². The average Bonchev–Trinajstić information content (AvgIpc) is 2.65. The minimum Gasteiger partial charge on any atom is -0.494 e. The molecule has 4 nitrogen and oxygen atoms in total. The molecule has 0 atom stereocenters. The minimum atomic E-state index is -0.0317. The predicted molar refractivity (Wildman–Crippen MR) is 72.9 cm³/mol. The van der Waals surface area contributed by atoms with Gasteiger partial charge in [0.1, 0.15) is 11.3 Å². The zero-order valence-electron chi connectivity index (χ0n) is 10.4. The number of hydrogen-bond acceptors (Lipinski definition) is 4. The van der Waals surface area contributed by atoms with Gasteiger partial charge in [0.2, 0.25) is 0 Å². The minimum absolute atomic E-state index is 0.0317. The lowest BCUT2D eigenvalue weighted by Crippen LogP contribution is -2.15. The highest BCUT2D eigenvalue weighted by Crippen LogP contribution is 2.25. The number of hydrogen-bond donors (Lipinski definition) is 0. The van der Waals surface area contributed by atoms with Gasteiger partial charge in [0, 0.05) is 10.6 Å². The molecule has 1 aromatic carbocycles. The van der Waals surface area contributed by atoms with Gasteiger partial charge in [-0.1, -0.05) is 6.07 Å². The molecule has 0 saturated carbocycles. The van der Waals surface area contributed by atoms with Crippen LogP contribution in [0, 0.1) is 13.8 Å². The molecule has 2 heterocycles. The monoisotopic (exact) mass is 260 g/mol. The van der Waals surface area contributed by atoms with E-state index >= 15 is 0 Å². The van der Waals surface area contributed by atoms with Crippen molar-refractivity contribution in [2.45, 2.75) is 13.8 Å². The fourth-order valence-corrected chi connectivity index (χ4v) is 3.02. The van der Waals surface area contributed by atoms with E-state index in [-0.39, 0.29) is 5.56 Å². The highest BCUT2D eigenvalue weighted by atomic mass is 32.1. The average molecular weight is 260 g/mol. The van der Waals surface area contributed by atoms with Crippen molar-refractivity contribution in [1.82, 2.24) is 9.38 Å². The first-order valence-corrected chi connectivity index (χ1v) is 6.40. The molecule has 0 N–H and O–H groups in total. The Morgan fingerprint density at radius 3 is 2.83 bits per heavy atom. The maximum absolute atomic E-state index is 12.5. The summed E-state index contributed by atoms with van der Waals surface area (Å²) in [4.78, 5) is 18.8. The molecule has 92 valence electrons. The molecule has 18 heavy (non-hydrogen) atoms. The molecule has 0 spiro atoms. The Labute approximate surface area is 107 Å². The number of rotatable bonds is 1. The molecule has 0 fully saturated rings. The summed E-state index contributed by atoms with van der Waals surface area (Å²) in [6.45, 7) is 3.93. The quantitative estimate of drug-likeness (QED) is 0.675. The zero-order valence-corrected chi connectivity index (χ0v) is 11.2. The van der Waals surface area contributed by atoms with Crippen molar-refractivity contribution in [3.8, 4) is 5.75 Å². The second-order valence-corrected chi connectivity index (χ2v) is 5.32. The molecule has 0 amide bonds. The Bertz CT molecular complexity index is 817. The first kappa shape index (κ1) is 11.2. The summed E-state index contributed by atoms with van der Waals surface area (Å²) >= 11 is 1.52. The number of aromatic nitrogens is 2. The molecule has 0 aliphatic heterocycles. The molecule has 2 aromatic heterocycles. The number of nitrogens with zero attached hydrogens (tertiary/aromatic N) is 2. The van der Waals surface area contributed by atoms with E-state index in [1.54, 1.807) is 17.6 Å². The van der Waals surface area contributed by atoms with Crippen molar-refractivity contribution in [2.75, 3.05) is 7.11 Å². The number of para-hydroxylation sites is 1. The maximum Gasteiger partial charge on any atom is 0.266 e. The molecule has 5 heteroatoms. The third kappa shape index (κ3) is 1.37. The lowest BCUT2D eigenvalue weighted by atomic mass is 10.2. The van der Waals surface area contributed by atoms with Crippen LogP contribution in [0.4, 0.5) is 0 Å². The largest absolute Gasteiger partial charge is 0.494 e. The normalized spacial score (nSPS) is 11.3. The van der Waals surface area contributed by atoms with Gasteiger partial charge in [-0.15, -0.1) is 11.3 Å². The van der Waals surface area contributed by atoms with Crippen LogP contribution in [-0.4, -0.2) is 16.5 Å². The number of aryl methyl sites for hydroxylation is 2. The van der Waals surface area contributed by atoms with E-state index in [4.69, 9.17) is 4.74 Å². The van der Waals surface area contributed by atoms with E-state index in [1.807, 2.05) is 26.0 Å². The van der Waals surface area contributed by atoms with Crippen molar-refractivity contribution in [3.63, 3.8) is 0 Å². The molecule has 0 bridgehead atoms. The fraction of sp³-hybridized carbons (Fsp3) is 0.231. The second kappa shape index (κ2) is 3.81. The number of benzene rings is 1.